The molecule has 0 atom stereocenters. The maximum atomic E-state index is 13.4. The van der Waals surface area contributed by atoms with E-state index in [-0.39, 0.29) is 12.4 Å². The first kappa shape index (κ1) is 20.0. The standard InChI is InChI=1S/C17H23F4N5/c1-22-16(24-7-8-26(2)11-17(19,20)21)23-6-5-12-10-25-15-4-3-13(18)9-14(12)15/h3-4,9-10,25H,5-8,11H2,1-2H3,(H2,22,23,24). The van der Waals surface area contributed by atoms with Gasteiger partial charge in [0.1, 0.15) is 5.82 Å². The summed E-state index contributed by atoms with van der Waals surface area (Å²) in [7, 11) is 3.01. The molecule has 1 heterocycles. The normalized spacial score (nSPS) is 12.8. The molecule has 9 heteroatoms. The van der Waals surface area contributed by atoms with Crippen LogP contribution in [-0.4, -0.2) is 62.3 Å². The summed E-state index contributed by atoms with van der Waals surface area (Å²) < 4.78 is 50.2. The molecule has 0 spiro atoms. The summed E-state index contributed by atoms with van der Waals surface area (Å²) in [4.78, 5) is 8.33. The van der Waals surface area contributed by atoms with Gasteiger partial charge in [0.2, 0.25) is 0 Å². The minimum Gasteiger partial charge on any atom is -0.361 e. The van der Waals surface area contributed by atoms with Crippen molar-refractivity contribution < 1.29 is 17.6 Å². The third kappa shape index (κ3) is 6.21. The van der Waals surface area contributed by atoms with E-state index >= 15 is 0 Å². The van der Waals surface area contributed by atoms with Crippen LogP contribution >= 0.6 is 0 Å². The predicted octanol–water partition coefficient (Wildman–Crippen LogP) is 2.51. The number of aromatic amines is 1. The number of nitrogens with one attached hydrogen (secondary N) is 3. The average Bonchev–Trinajstić information content (AvgIpc) is 2.94. The molecule has 26 heavy (non-hydrogen) atoms. The van der Waals surface area contributed by atoms with Crippen molar-refractivity contribution in [1.29, 1.82) is 0 Å². The lowest BCUT2D eigenvalue weighted by Crippen LogP contribution is -2.42. The Morgan fingerprint density at radius 3 is 2.65 bits per heavy atom. The molecular formula is C17H23F4N5. The van der Waals surface area contributed by atoms with Crippen molar-refractivity contribution in [1.82, 2.24) is 20.5 Å². The zero-order chi connectivity index (χ0) is 19.2. The quantitative estimate of drug-likeness (QED) is 0.397. The molecule has 1 aromatic heterocycles. The molecule has 0 unspecified atom stereocenters. The number of benzene rings is 1. The molecule has 2 rings (SSSR count). The molecule has 0 amide bonds. The second-order valence-corrected chi connectivity index (χ2v) is 6.03. The molecule has 0 bridgehead atoms. The van der Waals surface area contributed by atoms with Crippen molar-refractivity contribution in [3.63, 3.8) is 0 Å². The van der Waals surface area contributed by atoms with E-state index in [1.807, 2.05) is 6.20 Å². The van der Waals surface area contributed by atoms with Crippen LogP contribution in [0.2, 0.25) is 0 Å². The Morgan fingerprint density at radius 2 is 1.96 bits per heavy atom. The van der Waals surface area contributed by atoms with Crippen molar-refractivity contribution in [2.75, 3.05) is 40.3 Å². The number of guanidine groups is 1. The SMILES string of the molecule is CN=C(NCCc1c[nH]c2ccc(F)cc12)NCCN(C)CC(F)(F)F. The summed E-state index contributed by atoms with van der Waals surface area (Å²) >= 11 is 0. The fourth-order valence-corrected chi connectivity index (χ4v) is 2.64. The summed E-state index contributed by atoms with van der Waals surface area (Å²) in [6, 6.07) is 4.59. The smallest absolute Gasteiger partial charge is 0.361 e. The Hall–Kier alpha value is -2.29. The molecule has 2 aromatic rings. The second-order valence-electron chi connectivity index (χ2n) is 6.03. The van der Waals surface area contributed by atoms with E-state index in [2.05, 4.69) is 20.6 Å². The fraction of sp³-hybridized carbons (Fsp3) is 0.471. The highest BCUT2D eigenvalue weighted by molar-refractivity contribution is 5.83. The van der Waals surface area contributed by atoms with Gasteiger partial charge in [-0.15, -0.1) is 0 Å². The Kier molecular flexibility index (Phi) is 6.84. The van der Waals surface area contributed by atoms with Gasteiger partial charge in [-0.05, 0) is 37.2 Å². The summed E-state index contributed by atoms with van der Waals surface area (Å²) in [6.07, 6.45) is -1.71. The topological polar surface area (TPSA) is 55.5 Å². The number of fused-ring (bicyclic) bond motifs is 1. The molecule has 0 aliphatic carbocycles. The fourth-order valence-electron chi connectivity index (χ4n) is 2.64. The predicted molar refractivity (Wildman–Crippen MR) is 94.9 cm³/mol. The highest BCUT2D eigenvalue weighted by Crippen LogP contribution is 2.19. The monoisotopic (exact) mass is 373 g/mol. The van der Waals surface area contributed by atoms with Gasteiger partial charge >= 0.3 is 6.18 Å². The van der Waals surface area contributed by atoms with Gasteiger partial charge in [-0.25, -0.2) is 4.39 Å². The van der Waals surface area contributed by atoms with Crippen LogP contribution in [0.1, 0.15) is 5.56 Å². The van der Waals surface area contributed by atoms with Gasteiger partial charge in [-0.2, -0.15) is 13.2 Å². The summed E-state index contributed by atoms with van der Waals surface area (Å²) in [5.41, 5.74) is 1.85. The van der Waals surface area contributed by atoms with Crippen LogP contribution < -0.4 is 10.6 Å². The highest BCUT2D eigenvalue weighted by Gasteiger charge is 2.28. The van der Waals surface area contributed by atoms with E-state index < -0.39 is 12.7 Å². The van der Waals surface area contributed by atoms with Crippen LogP contribution in [0.15, 0.2) is 29.4 Å². The van der Waals surface area contributed by atoms with E-state index in [0.717, 1.165) is 16.5 Å². The Balaban J connectivity index is 1.76. The van der Waals surface area contributed by atoms with Gasteiger partial charge in [-0.3, -0.25) is 9.89 Å². The molecular weight excluding hydrogens is 350 g/mol. The highest BCUT2D eigenvalue weighted by atomic mass is 19.4. The van der Waals surface area contributed by atoms with E-state index in [0.29, 0.717) is 25.5 Å². The number of aliphatic imine (C=N–C) groups is 1. The average molecular weight is 373 g/mol. The van der Waals surface area contributed by atoms with Gasteiger partial charge in [0, 0.05) is 43.8 Å². The molecule has 3 N–H and O–H groups in total. The molecule has 0 aliphatic rings. The molecule has 0 fully saturated rings. The first-order chi connectivity index (χ1) is 12.3. The van der Waals surface area contributed by atoms with Gasteiger partial charge in [0.25, 0.3) is 0 Å². The first-order valence-electron chi connectivity index (χ1n) is 8.24. The summed E-state index contributed by atoms with van der Waals surface area (Å²) in [5.74, 6) is 0.225. The largest absolute Gasteiger partial charge is 0.401 e. The number of H-pyrrole nitrogens is 1. The lowest BCUT2D eigenvalue weighted by atomic mass is 10.1. The lowest BCUT2D eigenvalue weighted by molar-refractivity contribution is -0.142. The number of hydrogen-bond acceptors (Lipinski definition) is 2. The Morgan fingerprint density at radius 1 is 1.23 bits per heavy atom. The lowest BCUT2D eigenvalue weighted by Gasteiger charge is -2.19. The summed E-state index contributed by atoms with van der Waals surface area (Å²) in [6.45, 7) is 0.186. The van der Waals surface area contributed by atoms with Crippen molar-refractivity contribution in [2.24, 2.45) is 4.99 Å². The van der Waals surface area contributed by atoms with Gasteiger partial charge < -0.3 is 15.6 Å². The molecule has 0 saturated carbocycles. The van der Waals surface area contributed by atoms with Crippen LogP contribution in [0.4, 0.5) is 17.6 Å². The number of aromatic nitrogens is 1. The van der Waals surface area contributed by atoms with E-state index in [4.69, 9.17) is 0 Å². The van der Waals surface area contributed by atoms with Crippen molar-refractivity contribution >= 4 is 16.9 Å². The zero-order valence-electron chi connectivity index (χ0n) is 14.8. The maximum absolute atomic E-state index is 13.4. The van der Waals surface area contributed by atoms with Crippen LogP contribution in [0.25, 0.3) is 10.9 Å². The minimum atomic E-state index is -4.20. The number of nitrogens with zero attached hydrogens (tertiary/aromatic N) is 2. The van der Waals surface area contributed by atoms with E-state index in [1.54, 1.807) is 13.1 Å². The van der Waals surface area contributed by atoms with Crippen LogP contribution in [-0.2, 0) is 6.42 Å². The van der Waals surface area contributed by atoms with Crippen LogP contribution in [0, 0.1) is 5.82 Å². The number of alkyl halides is 3. The van der Waals surface area contributed by atoms with Gasteiger partial charge in [0.05, 0.1) is 6.54 Å². The van der Waals surface area contributed by atoms with E-state index in [1.165, 1.54) is 24.1 Å². The Labute approximate surface area is 149 Å². The third-order valence-corrected chi connectivity index (χ3v) is 3.88. The Bertz CT molecular complexity index is 738. The second kappa shape index (κ2) is 8.88. The third-order valence-electron chi connectivity index (χ3n) is 3.88. The molecule has 144 valence electrons. The molecule has 5 nitrogen and oxygen atoms in total. The maximum Gasteiger partial charge on any atom is 0.401 e. The number of hydrogen-bond donors (Lipinski definition) is 3. The number of likely N-dealkylation sites (N-methyl/N-ethyl adjacent to an activating group) is 1. The van der Waals surface area contributed by atoms with Crippen LogP contribution in [0.3, 0.4) is 0 Å². The van der Waals surface area contributed by atoms with E-state index in [9.17, 15) is 17.6 Å². The molecule has 1 aromatic carbocycles. The minimum absolute atomic E-state index is 0.238. The van der Waals surface area contributed by atoms with Crippen molar-refractivity contribution in [3.05, 3.63) is 35.8 Å². The molecule has 0 radical (unpaired) electrons. The summed E-state index contributed by atoms with van der Waals surface area (Å²) in [5, 5.41) is 6.91. The number of halogens is 4. The first-order valence-corrected chi connectivity index (χ1v) is 8.24. The van der Waals surface area contributed by atoms with Crippen molar-refractivity contribution in [2.45, 2.75) is 12.6 Å². The molecule has 0 saturated heterocycles. The van der Waals surface area contributed by atoms with Crippen LogP contribution in [0.5, 0.6) is 0 Å². The number of rotatable bonds is 7. The molecule has 0 aliphatic heterocycles. The zero-order valence-corrected chi connectivity index (χ0v) is 14.8. The van der Waals surface area contributed by atoms with Gasteiger partial charge in [0.15, 0.2) is 5.96 Å². The van der Waals surface area contributed by atoms with Crippen molar-refractivity contribution in [3.8, 4) is 0 Å². The van der Waals surface area contributed by atoms with Gasteiger partial charge in [-0.1, -0.05) is 0 Å².